The fourth-order valence-electron chi connectivity index (χ4n) is 2.26. The number of halogens is 3. The van der Waals surface area contributed by atoms with Gasteiger partial charge in [-0.25, -0.2) is 18.6 Å². The van der Waals surface area contributed by atoms with E-state index in [9.17, 15) is 18.5 Å². The first kappa shape index (κ1) is 18.7. The summed E-state index contributed by atoms with van der Waals surface area (Å²) in [5.74, 6) is -3.00. The summed E-state index contributed by atoms with van der Waals surface area (Å²) in [7, 11) is 1.18. The predicted octanol–water partition coefficient (Wildman–Crippen LogP) is 3.90. The van der Waals surface area contributed by atoms with Crippen molar-refractivity contribution in [1.82, 2.24) is 9.97 Å². The van der Waals surface area contributed by atoms with E-state index in [1.54, 1.807) is 6.92 Å². The van der Waals surface area contributed by atoms with Crippen molar-refractivity contribution in [3.05, 3.63) is 46.2 Å². The second-order valence-electron chi connectivity index (χ2n) is 4.85. The number of esters is 1. The molecule has 1 atom stereocenters. The van der Waals surface area contributed by atoms with Gasteiger partial charge in [-0.1, -0.05) is 6.92 Å². The van der Waals surface area contributed by atoms with Gasteiger partial charge in [-0.05, 0) is 35.3 Å². The van der Waals surface area contributed by atoms with Crippen molar-refractivity contribution in [2.75, 3.05) is 12.0 Å². The van der Waals surface area contributed by atoms with E-state index in [0.717, 1.165) is 18.3 Å². The molecule has 2 aromatic rings. The van der Waals surface area contributed by atoms with Crippen LogP contribution in [0.25, 0.3) is 0 Å². The van der Waals surface area contributed by atoms with E-state index in [1.165, 1.54) is 18.1 Å². The second kappa shape index (κ2) is 7.93. The molecular formula is C15H13ClF2N4O3. The molecule has 1 aromatic carbocycles. The number of hydrogen-bond donors (Lipinski definition) is 0. The molecule has 0 saturated heterocycles. The third-order valence-electron chi connectivity index (χ3n) is 3.40. The third kappa shape index (κ3) is 3.87. The number of hydrogen-bond acceptors (Lipinski definition) is 7. The van der Waals surface area contributed by atoms with Crippen molar-refractivity contribution >= 4 is 34.8 Å². The lowest BCUT2D eigenvalue weighted by Crippen LogP contribution is -2.39. The SMILES string of the molecule is CCC(C(=O)OC)N(c1ccc(F)c(F)c1)c1nc(Cl)ncc1N=O. The molecule has 25 heavy (non-hydrogen) atoms. The maximum Gasteiger partial charge on any atom is 0.328 e. The number of carbonyl (C=O) groups is 1. The van der Waals surface area contributed by atoms with Crippen molar-refractivity contribution in [1.29, 1.82) is 0 Å². The number of carbonyl (C=O) groups excluding carboxylic acids is 1. The topological polar surface area (TPSA) is 84.8 Å². The van der Waals surface area contributed by atoms with Crippen LogP contribution in [-0.2, 0) is 9.53 Å². The van der Waals surface area contributed by atoms with Crippen molar-refractivity contribution in [3.63, 3.8) is 0 Å². The Morgan fingerprint density at radius 1 is 1.40 bits per heavy atom. The summed E-state index contributed by atoms with van der Waals surface area (Å²) in [5.41, 5.74) is -0.160. The zero-order valence-corrected chi connectivity index (χ0v) is 14.0. The number of nitroso groups, excluding NO2 is 1. The van der Waals surface area contributed by atoms with Crippen molar-refractivity contribution < 1.29 is 18.3 Å². The molecule has 2 rings (SSSR count). The van der Waals surface area contributed by atoms with Crippen LogP contribution < -0.4 is 4.90 Å². The van der Waals surface area contributed by atoms with Crippen molar-refractivity contribution in [3.8, 4) is 0 Å². The summed E-state index contributed by atoms with van der Waals surface area (Å²) in [5, 5.41) is 2.59. The smallest absolute Gasteiger partial charge is 0.328 e. The maximum absolute atomic E-state index is 13.7. The molecule has 0 saturated carbocycles. The maximum atomic E-state index is 13.7. The average molecular weight is 371 g/mol. The number of anilines is 2. The van der Waals surface area contributed by atoms with E-state index < -0.39 is 23.6 Å². The lowest BCUT2D eigenvalue weighted by atomic mass is 10.1. The Bertz CT molecular complexity index is 806. The Kier molecular flexibility index (Phi) is 5.92. The van der Waals surface area contributed by atoms with E-state index >= 15 is 0 Å². The average Bonchev–Trinajstić information content (AvgIpc) is 2.61. The van der Waals surface area contributed by atoms with E-state index in [4.69, 9.17) is 16.3 Å². The van der Waals surface area contributed by atoms with E-state index in [1.807, 2.05) is 0 Å². The fourth-order valence-corrected chi connectivity index (χ4v) is 2.39. The first-order valence-corrected chi connectivity index (χ1v) is 7.48. The number of nitrogens with zero attached hydrogens (tertiary/aromatic N) is 4. The summed E-state index contributed by atoms with van der Waals surface area (Å²) in [4.78, 5) is 32.0. The van der Waals surface area contributed by atoms with Crippen LogP contribution in [0.5, 0.6) is 0 Å². The van der Waals surface area contributed by atoms with Crippen LogP contribution in [-0.4, -0.2) is 29.1 Å². The van der Waals surface area contributed by atoms with Crippen LogP contribution in [0.4, 0.5) is 26.0 Å². The minimum absolute atomic E-state index is 0.0656. The van der Waals surface area contributed by atoms with Gasteiger partial charge in [-0.2, -0.15) is 4.98 Å². The molecule has 1 unspecified atom stereocenters. The Morgan fingerprint density at radius 3 is 2.68 bits per heavy atom. The molecule has 0 aliphatic carbocycles. The van der Waals surface area contributed by atoms with Gasteiger partial charge in [0.25, 0.3) is 0 Å². The first-order chi connectivity index (χ1) is 11.9. The van der Waals surface area contributed by atoms with Crippen LogP contribution in [0.3, 0.4) is 0 Å². The Balaban J connectivity index is 2.71. The molecule has 7 nitrogen and oxygen atoms in total. The molecule has 10 heteroatoms. The highest BCUT2D eigenvalue weighted by atomic mass is 35.5. The van der Waals surface area contributed by atoms with E-state index in [-0.39, 0.29) is 28.9 Å². The third-order valence-corrected chi connectivity index (χ3v) is 3.58. The van der Waals surface area contributed by atoms with Crippen LogP contribution in [0.1, 0.15) is 13.3 Å². The monoisotopic (exact) mass is 370 g/mol. The summed E-state index contributed by atoms with van der Waals surface area (Å²) >= 11 is 5.78. The molecule has 1 heterocycles. The molecule has 0 aliphatic heterocycles. The summed E-state index contributed by atoms with van der Waals surface area (Å²) in [6, 6.07) is 2.00. The number of methoxy groups -OCH3 is 1. The van der Waals surface area contributed by atoms with Gasteiger partial charge in [0.15, 0.2) is 23.1 Å². The molecule has 0 aliphatic rings. The Labute approximate surface area is 146 Å². The molecule has 132 valence electrons. The van der Waals surface area contributed by atoms with Crippen LogP contribution in [0.15, 0.2) is 29.6 Å². The molecule has 0 N–H and O–H groups in total. The van der Waals surface area contributed by atoms with Gasteiger partial charge in [0.05, 0.1) is 13.3 Å². The zero-order valence-electron chi connectivity index (χ0n) is 13.2. The fraction of sp³-hybridized carbons (Fsp3) is 0.267. The van der Waals surface area contributed by atoms with Crippen LogP contribution in [0.2, 0.25) is 5.28 Å². The molecular weight excluding hydrogens is 358 g/mol. The van der Waals surface area contributed by atoms with Gasteiger partial charge in [0.1, 0.15) is 6.04 Å². The molecule has 0 radical (unpaired) electrons. The normalized spacial score (nSPS) is 11.7. The van der Waals surface area contributed by atoms with Crippen LogP contribution in [0, 0.1) is 16.5 Å². The summed E-state index contributed by atoms with van der Waals surface area (Å²) in [6.45, 7) is 1.67. The minimum atomic E-state index is -1.14. The summed E-state index contributed by atoms with van der Waals surface area (Å²) < 4.78 is 31.7. The van der Waals surface area contributed by atoms with Gasteiger partial charge in [-0.3, -0.25) is 0 Å². The largest absolute Gasteiger partial charge is 0.467 e. The molecule has 0 spiro atoms. The number of rotatable bonds is 6. The molecule has 0 amide bonds. The van der Waals surface area contributed by atoms with E-state index in [0.29, 0.717) is 0 Å². The van der Waals surface area contributed by atoms with Gasteiger partial charge < -0.3 is 9.64 Å². The molecule has 1 aromatic heterocycles. The predicted molar refractivity (Wildman–Crippen MR) is 87.1 cm³/mol. The standard InChI is InChI=1S/C15H13ClF2N4O3/c1-3-12(14(23)25-2)22(8-4-5-9(17)10(18)6-8)13-11(21-24)7-19-15(16)20-13/h4-7,12H,3H2,1-2H3. The zero-order chi connectivity index (χ0) is 18.6. The molecule has 0 fully saturated rings. The van der Waals surface area contributed by atoms with Crippen molar-refractivity contribution in [2.45, 2.75) is 19.4 Å². The van der Waals surface area contributed by atoms with Gasteiger partial charge in [0.2, 0.25) is 5.28 Å². The lowest BCUT2D eigenvalue weighted by Gasteiger charge is -2.30. The Morgan fingerprint density at radius 2 is 2.12 bits per heavy atom. The van der Waals surface area contributed by atoms with Gasteiger partial charge in [-0.15, -0.1) is 4.91 Å². The first-order valence-electron chi connectivity index (χ1n) is 7.10. The lowest BCUT2D eigenvalue weighted by molar-refractivity contribution is -0.142. The number of benzene rings is 1. The van der Waals surface area contributed by atoms with E-state index in [2.05, 4.69) is 15.1 Å². The quantitative estimate of drug-likeness (QED) is 0.435. The number of ether oxygens (including phenoxy) is 1. The highest BCUT2D eigenvalue weighted by Gasteiger charge is 2.31. The Hall–Kier alpha value is -2.68. The van der Waals surface area contributed by atoms with Gasteiger partial charge in [0, 0.05) is 11.8 Å². The van der Waals surface area contributed by atoms with Crippen LogP contribution >= 0.6 is 11.6 Å². The summed E-state index contributed by atoms with van der Waals surface area (Å²) in [6.07, 6.45) is 1.28. The molecule has 0 bridgehead atoms. The highest BCUT2D eigenvalue weighted by Crippen LogP contribution is 2.36. The second-order valence-corrected chi connectivity index (χ2v) is 5.19. The minimum Gasteiger partial charge on any atom is -0.467 e. The van der Waals surface area contributed by atoms with Gasteiger partial charge >= 0.3 is 5.97 Å². The number of aromatic nitrogens is 2. The highest BCUT2D eigenvalue weighted by molar-refractivity contribution is 6.28. The van der Waals surface area contributed by atoms with Crippen molar-refractivity contribution in [2.24, 2.45) is 5.18 Å².